The number of benzene rings is 2. The molecule has 0 aromatic heterocycles. The number of carbonyl (C=O) groups excluding carboxylic acids is 3. The maximum absolute atomic E-state index is 13.1. The van der Waals surface area contributed by atoms with Crippen LogP contribution in [0.1, 0.15) is 24.5 Å². The van der Waals surface area contributed by atoms with E-state index in [0.717, 1.165) is 22.3 Å². The van der Waals surface area contributed by atoms with Crippen molar-refractivity contribution < 1.29 is 18.8 Å². The van der Waals surface area contributed by atoms with Gasteiger partial charge in [0.2, 0.25) is 5.91 Å². The van der Waals surface area contributed by atoms with Gasteiger partial charge in [0.05, 0.1) is 6.42 Å². The van der Waals surface area contributed by atoms with Crippen molar-refractivity contribution in [1.29, 1.82) is 0 Å². The summed E-state index contributed by atoms with van der Waals surface area (Å²) in [4.78, 5) is 35.6. The largest absolute Gasteiger partial charge is 0.353 e. The van der Waals surface area contributed by atoms with Crippen LogP contribution < -0.4 is 16.0 Å². The summed E-state index contributed by atoms with van der Waals surface area (Å²) in [5, 5.41) is 7.61. The molecule has 4 amide bonds. The maximum Gasteiger partial charge on any atom is 0.322 e. The van der Waals surface area contributed by atoms with Gasteiger partial charge in [0.15, 0.2) is 0 Å². The number of nitrogens with one attached hydrogen (secondary N) is 3. The fraction of sp³-hybridized carbons (Fsp3) is 0.286. The van der Waals surface area contributed by atoms with Crippen LogP contribution in [0.5, 0.6) is 0 Å². The van der Waals surface area contributed by atoms with Crippen molar-refractivity contribution in [2.75, 3.05) is 0 Å². The Kier molecular flexibility index (Phi) is 4.37. The summed E-state index contributed by atoms with van der Waals surface area (Å²) in [7, 11) is 0. The monoisotopic (exact) mass is 381 g/mol. The van der Waals surface area contributed by atoms with Gasteiger partial charge < -0.3 is 10.6 Å². The highest BCUT2D eigenvalue weighted by molar-refractivity contribution is 6.08. The Morgan fingerprint density at radius 1 is 1.11 bits per heavy atom. The summed E-state index contributed by atoms with van der Waals surface area (Å²) in [5.41, 5.74) is 3.03. The van der Waals surface area contributed by atoms with Crippen LogP contribution >= 0.6 is 0 Å². The van der Waals surface area contributed by atoms with E-state index in [2.05, 4.69) is 22.0 Å². The van der Waals surface area contributed by atoms with E-state index >= 15 is 0 Å². The van der Waals surface area contributed by atoms with Crippen molar-refractivity contribution in [2.24, 2.45) is 0 Å². The third-order valence-corrected chi connectivity index (χ3v) is 5.31. The molecule has 144 valence electrons. The Bertz CT molecular complexity index is 973. The Hall–Kier alpha value is -3.22. The van der Waals surface area contributed by atoms with Gasteiger partial charge in [0, 0.05) is 6.04 Å². The molecular formula is C21H20FN3O3. The fourth-order valence-electron chi connectivity index (χ4n) is 3.85. The summed E-state index contributed by atoms with van der Waals surface area (Å²) in [6.45, 7) is 1.53. The topological polar surface area (TPSA) is 87.3 Å². The number of rotatable bonds is 4. The van der Waals surface area contributed by atoms with E-state index in [0.29, 0.717) is 12.8 Å². The minimum Gasteiger partial charge on any atom is -0.353 e. The highest BCUT2D eigenvalue weighted by Gasteiger charge is 2.43. The van der Waals surface area contributed by atoms with E-state index in [9.17, 15) is 18.8 Å². The molecule has 2 atom stereocenters. The SMILES string of the molecule is CC1(CC(=O)NC2Cc3ccc(-c4ccc(F)cc4)cc3C2)NC(=O)NC1=O. The van der Waals surface area contributed by atoms with Crippen molar-refractivity contribution in [3.8, 4) is 11.1 Å². The second kappa shape index (κ2) is 6.74. The third-order valence-electron chi connectivity index (χ3n) is 5.31. The number of imide groups is 1. The Balaban J connectivity index is 1.41. The molecule has 2 aromatic carbocycles. The highest BCUT2D eigenvalue weighted by atomic mass is 19.1. The fourth-order valence-corrected chi connectivity index (χ4v) is 3.85. The number of fused-ring (bicyclic) bond motifs is 1. The molecule has 0 spiro atoms. The van der Waals surface area contributed by atoms with Crippen LogP contribution in [-0.2, 0) is 22.4 Å². The molecule has 1 aliphatic carbocycles. The lowest BCUT2D eigenvalue weighted by Gasteiger charge is -2.21. The molecule has 2 aromatic rings. The number of halogens is 1. The number of urea groups is 1. The normalized spacial score (nSPS) is 23.1. The molecule has 7 heteroatoms. The number of hydrogen-bond donors (Lipinski definition) is 3. The summed E-state index contributed by atoms with van der Waals surface area (Å²) < 4.78 is 13.1. The van der Waals surface area contributed by atoms with Gasteiger partial charge in [-0.25, -0.2) is 9.18 Å². The summed E-state index contributed by atoms with van der Waals surface area (Å²) >= 11 is 0. The van der Waals surface area contributed by atoms with Crippen LogP contribution in [0, 0.1) is 5.82 Å². The molecule has 4 rings (SSSR count). The average molecular weight is 381 g/mol. The Labute approximate surface area is 161 Å². The first kappa shape index (κ1) is 18.2. The molecule has 1 aliphatic heterocycles. The van der Waals surface area contributed by atoms with E-state index in [1.165, 1.54) is 19.1 Å². The van der Waals surface area contributed by atoms with E-state index in [1.54, 1.807) is 12.1 Å². The van der Waals surface area contributed by atoms with Crippen LogP contribution in [0.4, 0.5) is 9.18 Å². The number of hydrogen-bond acceptors (Lipinski definition) is 3. The molecule has 28 heavy (non-hydrogen) atoms. The zero-order chi connectivity index (χ0) is 19.9. The molecule has 1 fully saturated rings. The lowest BCUT2D eigenvalue weighted by Crippen LogP contribution is -2.49. The highest BCUT2D eigenvalue weighted by Crippen LogP contribution is 2.28. The van der Waals surface area contributed by atoms with Crippen LogP contribution in [0.2, 0.25) is 0 Å². The molecule has 2 aliphatic rings. The second-order valence-corrected chi connectivity index (χ2v) is 7.58. The van der Waals surface area contributed by atoms with Gasteiger partial charge in [-0.1, -0.05) is 30.3 Å². The third kappa shape index (κ3) is 3.47. The lowest BCUT2D eigenvalue weighted by atomic mass is 9.97. The Morgan fingerprint density at radius 3 is 2.46 bits per heavy atom. The van der Waals surface area contributed by atoms with Crippen LogP contribution in [0.3, 0.4) is 0 Å². The number of carbonyl (C=O) groups is 3. The van der Waals surface area contributed by atoms with Gasteiger partial charge in [-0.15, -0.1) is 0 Å². The van der Waals surface area contributed by atoms with Gasteiger partial charge in [0.25, 0.3) is 5.91 Å². The minimum absolute atomic E-state index is 0.0604. The van der Waals surface area contributed by atoms with Gasteiger partial charge in [-0.2, -0.15) is 0 Å². The quantitative estimate of drug-likeness (QED) is 0.709. The van der Waals surface area contributed by atoms with Gasteiger partial charge >= 0.3 is 6.03 Å². The van der Waals surface area contributed by atoms with Crippen molar-refractivity contribution in [2.45, 2.75) is 37.8 Å². The zero-order valence-corrected chi connectivity index (χ0v) is 15.3. The lowest BCUT2D eigenvalue weighted by molar-refractivity contribution is -0.129. The van der Waals surface area contributed by atoms with Gasteiger partial charge in [-0.3, -0.25) is 14.9 Å². The maximum atomic E-state index is 13.1. The van der Waals surface area contributed by atoms with Crippen molar-refractivity contribution >= 4 is 17.8 Å². The first-order chi connectivity index (χ1) is 13.3. The molecule has 1 saturated heterocycles. The summed E-state index contributed by atoms with van der Waals surface area (Å²) in [6.07, 6.45) is 1.28. The molecule has 0 bridgehead atoms. The van der Waals surface area contributed by atoms with Crippen LogP contribution in [-0.4, -0.2) is 29.4 Å². The Morgan fingerprint density at radius 2 is 1.79 bits per heavy atom. The molecule has 0 radical (unpaired) electrons. The first-order valence-corrected chi connectivity index (χ1v) is 9.13. The standard InChI is InChI=1S/C21H20FN3O3/c1-21(19(27)24-20(28)25-21)11-18(26)23-17-9-14-3-2-13(8-15(14)10-17)12-4-6-16(22)7-5-12/h2-8,17H,9-11H2,1H3,(H,23,26)(H2,24,25,27,28). The van der Waals surface area contributed by atoms with Gasteiger partial charge in [-0.05, 0) is 54.2 Å². The molecule has 3 N–H and O–H groups in total. The molecule has 2 unspecified atom stereocenters. The van der Waals surface area contributed by atoms with Crippen molar-refractivity contribution in [3.63, 3.8) is 0 Å². The average Bonchev–Trinajstić information content (AvgIpc) is 3.13. The molecule has 1 heterocycles. The molecule has 6 nitrogen and oxygen atoms in total. The summed E-state index contributed by atoms with van der Waals surface area (Å²) in [5.74, 6) is -1.05. The number of amides is 4. The zero-order valence-electron chi connectivity index (χ0n) is 15.3. The van der Waals surface area contributed by atoms with Crippen molar-refractivity contribution in [3.05, 3.63) is 59.4 Å². The second-order valence-electron chi connectivity index (χ2n) is 7.58. The van der Waals surface area contributed by atoms with E-state index < -0.39 is 17.5 Å². The smallest absolute Gasteiger partial charge is 0.322 e. The predicted molar refractivity (Wildman–Crippen MR) is 101 cm³/mol. The molecular weight excluding hydrogens is 361 g/mol. The van der Waals surface area contributed by atoms with E-state index in [-0.39, 0.29) is 24.2 Å². The van der Waals surface area contributed by atoms with Crippen LogP contribution in [0.25, 0.3) is 11.1 Å². The first-order valence-electron chi connectivity index (χ1n) is 9.13. The van der Waals surface area contributed by atoms with Crippen LogP contribution in [0.15, 0.2) is 42.5 Å². The van der Waals surface area contributed by atoms with Gasteiger partial charge in [0.1, 0.15) is 11.4 Å². The minimum atomic E-state index is -1.22. The molecule has 0 saturated carbocycles. The predicted octanol–water partition coefficient (Wildman–Crippen LogP) is 2.06. The summed E-state index contributed by atoms with van der Waals surface area (Å²) in [6, 6.07) is 11.8. The van der Waals surface area contributed by atoms with E-state index in [4.69, 9.17) is 0 Å². The van der Waals surface area contributed by atoms with Crippen molar-refractivity contribution in [1.82, 2.24) is 16.0 Å². The van der Waals surface area contributed by atoms with E-state index in [1.807, 2.05) is 12.1 Å².